The lowest BCUT2D eigenvalue weighted by molar-refractivity contribution is 0.0214. The van der Waals surface area contributed by atoms with Gasteiger partial charge in [-0.05, 0) is 56.8 Å². The molecule has 8 heteroatoms. The van der Waals surface area contributed by atoms with Crippen molar-refractivity contribution in [2.75, 3.05) is 47.1 Å². The smallest absolute Gasteiger partial charge is 0.240 e. The maximum atomic E-state index is 12.6. The van der Waals surface area contributed by atoms with Gasteiger partial charge in [0.05, 0.1) is 19.1 Å². The quantitative estimate of drug-likeness (QED) is 0.756. The van der Waals surface area contributed by atoms with E-state index in [1.54, 1.807) is 6.07 Å². The Morgan fingerprint density at radius 1 is 1.07 bits per heavy atom. The van der Waals surface area contributed by atoms with Crippen molar-refractivity contribution in [3.8, 4) is 11.5 Å². The fourth-order valence-corrected chi connectivity index (χ4v) is 5.00. The highest BCUT2D eigenvalue weighted by molar-refractivity contribution is 7.89. The van der Waals surface area contributed by atoms with E-state index in [1.807, 2.05) is 0 Å². The lowest BCUT2D eigenvalue weighted by atomic mass is 9.94. The monoisotopic (exact) mass is 398 g/mol. The molecule has 27 heavy (non-hydrogen) atoms. The molecule has 2 heterocycles. The molecule has 0 spiro atoms. The summed E-state index contributed by atoms with van der Waals surface area (Å²) in [5.74, 6) is 1.29. The van der Waals surface area contributed by atoms with E-state index in [2.05, 4.69) is 9.62 Å². The van der Waals surface area contributed by atoms with Crippen LogP contribution in [0.2, 0.25) is 0 Å². The SMILES string of the molecule is COc1ccc(S(=O)(=O)NCC2CCN(C3CCOCC3)CC2)cc1OC. The highest BCUT2D eigenvalue weighted by Gasteiger charge is 2.27. The first kappa shape index (κ1) is 20.4. The Hall–Kier alpha value is -1.35. The summed E-state index contributed by atoms with van der Waals surface area (Å²) in [6, 6.07) is 5.27. The van der Waals surface area contributed by atoms with E-state index < -0.39 is 10.0 Å². The van der Waals surface area contributed by atoms with E-state index in [0.29, 0.717) is 30.0 Å². The summed E-state index contributed by atoms with van der Waals surface area (Å²) in [6.07, 6.45) is 4.25. The summed E-state index contributed by atoms with van der Waals surface area (Å²) in [5.41, 5.74) is 0. The van der Waals surface area contributed by atoms with Crippen molar-refractivity contribution >= 4 is 10.0 Å². The van der Waals surface area contributed by atoms with Crippen LogP contribution in [0.5, 0.6) is 11.5 Å². The van der Waals surface area contributed by atoms with Crippen LogP contribution in [0, 0.1) is 5.92 Å². The van der Waals surface area contributed by atoms with Gasteiger partial charge >= 0.3 is 0 Å². The molecular formula is C19H30N2O5S. The van der Waals surface area contributed by atoms with Crippen molar-refractivity contribution in [3.05, 3.63) is 18.2 Å². The van der Waals surface area contributed by atoms with E-state index in [4.69, 9.17) is 14.2 Å². The second-order valence-electron chi connectivity index (χ2n) is 7.19. The molecule has 0 atom stereocenters. The second-order valence-corrected chi connectivity index (χ2v) is 8.96. The molecule has 2 aliphatic rings. The topological polar surface area (TPSA) is 77.1 Å². The molecule has 2 saturated heterocycles. The zero-order valence-corrected chi connectivity index (χ0v) is 17.0. The van der Waals surface area contributed by atoms with Gasteiger partial charge in [0.2, 0.25) is 10.0 Å². The number of sulfonamides is 1. The van der Waals surface area contributed by atoms with Gasteiger partial charge in [0.25, 0.3) is 0 Å². The van der Waals surface area contributed by atoms with E-state index in [-0.39, 0.29) is 4.90 Å². The van der Waals surface area contributed by atoms with Crippen molar-refractivity contribution in [1.29, 1.82) is 0 Å². The standard InChI is InChI=1S/C19H30N2O5S/c1-24-18-4-3-17(13-19(18)25-2)27(22,23)20-14-15-5-9-21(10-6-15)16-7-11-26-12-8-16/h3-4,13,15-16,20H,5-12,14H2,1-2H3. The first-order valence-electron chi connectivity index (χ1n) is 9.57. The zero-order chi connectivity index (χ0) is 19.3. The van der Waals surface area contributed by atoms with Crippen LogP contribution in [0.1, 0.15) is 25.7 Å². The third-order valence-electron chi connectivity index (χ3n) is 5.58. The van der Waals surface area contributed by atoms with Crippen molar-refractivity contribution in [2.45, 2.75) is 36.6 Å². The summed E-state index contributed by atoms with van der Waals surface area (Å²) in [4.78, 5) is 2.74. The second kappa shape index (κ2) is 9.23. The third kappa shape index (κ3) is 5.13. The first-order chi connectivity index (χ1) is 13.0. The Kier molecular flexibility index (Phi) is 6.97. The Labute approximate surface area is 162 Å². The summed E-state index contributed by atoms with van der Waals surface area (Å²) in [7, 11) is -0.548. The molecule has 0 amide bonds. The highest BCUT2D eigenvalue weighted by atomic mass is 32.2. The molecule has 0 radical (unpaired) electrons. The molecule has 7 nitrogen and oxygen atoms in total. The van der Waals surface area contributed by atoms with E-state index in [9.17, 15) is 8.42 Å². The van der Waals surface area contributed by atoms with Crippen molar-refractivity contribution < 1.29 is 22.6 Å². The maximum absolute atomic E-state index is 12.6. The van der Waals surface area contributed by atoms with Crippen LogP contribution in [-0.4, -0.2) is 66.4 Å². The Morgan fingerprint density at radius 3 is 2.37 bits per heavy atom. The number of benzene rings is 1. The molecular weight excluding hydrogens is 368 g/mol. The first-order valence-corrected chi connectivity index (χ1v) is 11.1. The zero-order valence-electron chi connectivity index (χ0n) is 16.1. The minimum Gasteiger partial charge on any atom is -0.493 e. The number of ether oxygens (including phenoxy) is 3. The van der Waals surface area contributed by atoms with Gasteiger partial charge in [-0.2, -0.15) is 0 Å². The van der Waals surface area contributed by atoms with Gasteiger partial charge in [0.15, 0.2) is 11.5 Å². The molecule has 152 valence electrons. The van der Waals surface area contributed by atoms with Crippen molar-refractivity contribution in [3.63, 3.8) is 0 Å². The average Bonchev–Trinajstić information content (AvgIpc) is 2.72. The van der Waals surface area contributed by atoms with Crippen LogP contribution >= 0.6 is 0 Å². The Morgan fingerprint density at radius 2 is 1.74 bits per heavy atom. The number of nitrogens with one attached hydrogen (secondary N) is 1. The van der Waals surface area contributed by atoms with Crippen LogP contribution in [0.25, 0.3) is 0 Å². The molecule has 2 aliphatic heterocycles. The summed E-state index contributed by atoms with van der Waals surface area (Å²) in [6.45, 7) is 4.25. The van der Waals surface area contributed by atoms with Crippen LogP contribution in [0.4, 0.5) is 0 Å². The molecule has 0 aromatic heterocycles. The Balaban J connectivity index is 1.52. The number of nitrogens with zero attached hydrogens (tertiary/aromatic N) is 1. The van der Waals surface area contributed by atoms with Gasteiger partial charge in [0, 0.05) is 31.9 Å². The Bertz CT molecular complexity index is 711. The van der Waals surface area contributed by atoms with E-state index >= 15 is 0 Å². The minimum absolute atomic E-state index is 0.194. The predicted molar refractivity (Wildman–Crippen MR) is 103 cm³/mol. The van der Waals surface area contributed by atoms with Crippen molar-refractivity contribution in [1.82, 2.24) is 9.62 Å². The molecule has 2 fully saturated rings. The van der Waals surface area contributed by atoms with Gasteiger partial charge in [-0.25, -0.2) is 13.1 Å². The normalized spacial score (nSPS) is 20.5. The van der Waals surface area contributed by atoms with Crippen LogP contribution < -0.4 is 14.2 Å². The molecule has 3 rings (SSSR count). The van der Waals surface area contributed by atoms with E-state index in [1.165, 1.54) is 26.4 Å². The molecule has 1 aromatic rings. The molecule has 0 saturated carbocycles. The summed E-state index contributed by atoms with van der Waals surface area (Å²) >= 11 is 0. The summed E-state index contributed by atoms with van der Waals surface area (Å²) < 4.78 is 43.8. The van der Waals surface area contributed by atoms with Crippen molar-refractivity contribution in [2.24, 2.45) is 5.92 Å². The minimum atomic E-state index is -3.57. The molecule has 0 bridgehead atoms. The van der Waals surface area contributed by atoms with Gasteiger partial charge in [0.1, 0.15) is 0 Å². The molecule has 0 unspecified atom stereocenters. The third-order valence-corrected chi connectivity index (χ3v) is 7.00. The lowest BCUT2D eigenvalue weighted by Crippen LogP contribution is -2.45. The van der Waals surface area contributed by atoms with Crippen LogP contribution in [-0.2, 0) is 14.8 Å². The number of likely N-dealkylation sites (tertiary alicyclic amines) is 1. The maximum Gasteiger partial charge on any atom is 0.240 e. The number of piperidine rings is 1. The fourth-order valence-electron chi connectivity index (χ4n) is 3.87. The van der Waals surface area contributed by atoms with E-state index in [0.717, 1.165) is 52.0 Å². The van der Waals surface area contributed by atoms with Gasteiger partial charge in [-0.15, -0.1) is 0 Å². The summed E-state index contributed by atoms with van der Waals surface area (Å²) in [5, 5.41) is 0. The van der Waals surface area contributed by atoms with Crippen LogP contribution in [0.3, 0.4) is 0 Å². The largest absolute Gasteiger partial charge is 0.493 e. The number of rotatable bonds is 7. The number of methoxy groups -OCH3 is 2. The average molecular weight is 399 g/mol. The van der Waals surface area contributed by atoms with Gasteiger partial charge in [-0.1, -0.05) is 0 Å². The number of hydrogen-bond donors (Lipinski definition) is 1. The molecule has 0 aliphatic carbocycles. The highest BCUT2D eigenvalue weighted by Crippen LogP contribution is 2.29. The number of hydrogen-bond acceptors (Lipinski definition) is 6. The van der Waals surface area contributed by atoms with Crippen LogP contribution in [0.15, 0.2) is 23.1 Å². The van der Waals surface area contributed by atoms with Gasteiger partial charge in [-0.3, -0.25) is 0 Å². The van der Waals surface area contributed by atoms with Gasteiger partial charge < -0.3 is 19.1 Å². The molecule has 1 N–H and O–H groups in total. The lowest BCUT2D eigenvalue weighted by Gasteiger charge is -2.39. The predicted octanol–water partition coefficient (Wildman–Crippen LogP) is 1.87. The molecule has 1 aromatic carbocycles. The fraction of sp³-hybridized carbons (Fsp3) is 0.684.